The molecular formula is C28H22N2O9. The molecule has 0 radical (unpaired) electrons. The van der Waals surface area contributed by atoms with E-state index in [1.165, 1.54) is 7.11 Å². The van der Waals surface area contributed by atoms with Crippen LogP contribution < -0.4 is 0 Å². The Balaban J connectivity index is 1.65. The van der Waals surface area contributed by atoms with Crippen molar-refractivity contribution in [1.29, 1.82) is 0 Å². The molecule has 198 valence electrons. The molecule has 2 aromatic heterocycles. The fraction of sp³-hybridized carbons (Fsp3) is 0.250. The number of nitrogens with zero attached hydrogens (tertiary/aromatic N) is 1. The molecular weight excluding hydrogens is 508 g/mol. The largest absolute Gasteiger partial charge is 0.459 e. The number of nitrogens with one attached hydrogen (secondary N) is 1. The summed E-state index contributed by atoms with van der Waals surface area (Å²) in [4.78, 5) is 40.9. The van der Waals surface area contributed by atoms with Crippen molar-refractivity contribution in [2.45, 2.75) is 30.6 Å². The van der Waals surface area contributed by atoms with Crippen molar-refractivity contribution >= 4 is 62.0 Å². The summed E-state index contributed by atoms with van der Waals surface area (Å²) < 4.78 is 23.7. The number of aromatic amines is 1. The van der Waals surface area contributed by atoms with Gasteiger partial charge in [0.15, 0.2) is 12.3 Å². The van der Waals surface area contributed by atoms with Crippen molar-refractivity contribution in [2.24, 2.45) is 0 Å². The van der Waals surface area contributed by atoms with Gasteiger partial charge in [0.1, 0.15) is 18.3 Å². The standard InChI is InChI=1S/C28H22N2O9/c1-36-24-16(10-31)38-26(23(33)25(24)37-11-32)30-15-9-5-3-7-13(15)18-20-19(27(34)39-28(20)35)17-12-6-2-4-8-14(12)29-21(17)22(18)30/h2-9,11,16,23-26,29,31,33H,10H2,1H3/t16-,23-,24-,25-,26-/m1/s1. The predicted octanol–water partition coefficient (Wildman–Crippen LogP) is 2.55. The lowest BCUT2D eigenvalue weighted by Gasteiger charge is -2.43. The van der Waals surface area contributed by atoms with Gasteiger partial charge < -0.3 is 38.7 Å². The summed E-state index contributed by atoms with van der Waals surface area (Å²) in [5.41, 5.74) is 2.62. The number of rotatable bonds is 5. The zero-order valence-electron chi connectivity index (χ0n) is 20.5. The topological polar surface area (TPSA) is 149 Å². The van der Waals surface area contributed by atoms with Gasteiger partial charge in [-0.25, -0.2) is 9.59 Å². The molecule has 5 atom stereocenters. The fourth-order valence-corrected chi connectivity index (χ4v) is 6.22. The first kappa shape index (κ1) is 23.8. The van der Waals surface area contributed by atoms with Crippen LogP contribution in [0.3, 0.4) is 0 Å². The average Bonchev–Trinajstić information content (AvgIpc) is 3.58. The lowest BCUT2D eigenvalue weighted by molar-refractivity contribution is -0.258. The third-order valence-corrected chi connectivity index (χ3v) is 7.75. The molecule has 11 nitrogen and oxygen atoms in total. The molecule has 4 heterocycles. The van der Waals surface area contributed by atoms with E-state index < -0.39 is 49.2 Å². The number of hydrogen-bond acceptors (Lipinski definition) is 9. The number of aliphatic hydroxyl groups is 2. The van der Waals surface area contributed by atoms with E-state index in [1.807, 2.05) is 24.3 Å². The Hall–Kier alpha value is -4.29. The van der Waals surface area contributed by atoms with Crippen LogP contribution in [-0.2, 0) is 23.7 Å². The summed E-state index contributed by atoms with van der Waals surface area (Å²) in [6, 6.07) is 14.6. The number of carbonyl (C=O) groups is 3. The van der Waals surface area contributed by atoms with Crippen LogP contribution in [0.5, 0.6) is 0 Å². The van der Waals surface area contributed by atoms with Crippen molar-refractivity contribution in [3.05, 3.63) is 59.7 Å². The molecule has 0 amide bonds. The van der Waals surface area contributed by atoms with Gasteiger partial charge in [-0.2, -0.15) is 0 Å². The number of fused-ring (bicyclic) bond motifs is 10. The minimum absolute atomic E-state index is 0.127. The normalized spacial score (nSPS) is 25.1. The highest BCUT2D eigenvalue weighted by Crippen LogP contribution is 2.47. The molecule has 0 aliphatic carbocycles. The number of cyclic esters (lactones) is 2. The van der Waals surface area contributed by atoms with Gasteiger partial charge in [-0.1, -0.05) is 36.4 Å². The summed E-state index contributed by atoms with van der Waals surface area (Å²) >= 11 is 0. The molecule has 0 unspecified atom stereocenters. The molecule has 0 bridgehead atoms. The van der Waals surface area contributed by atoms with E-state index in [4.69, 9.17) is 18.9 Å². The van der Waals surface area contributed by atoms with Crippen LogP contribution in [0.15, 0.2) is 48.5 Å². The Morgan fingerprint density at radius 1 is 1.00 bits per heavy atom. The highest BCUT2D eigenvalue weighted by Gasteiger charge is 2.49. The first-order chi connectivity index (χ1) is 19.0. The van der Waals surface area contributed by atoms with Crippen LogP contribution in [-0.4, -0.2) is 76.3 Å². The SMILES string of the molecule is CO[C@H]1[C@H](OC=O)[C@@H](O)[C@H](n2c3ccccc3c3c4c(c5c6ccccc6[nH]c5c32)C(=O)OC4=O)O[C@@H]1CO. The molecule has 3 N–H and O–H groups in total. The number of methoxy groups -OCH3 is 1. The Morgan fingerprint density at radius 2 is 1.69 bits per heavy atom. The third-order valence-electron chi connectivity index (χ3n) is 7.75. The van der Waals surface area contributed by atoms with Gasteiger partial charge in [-0.15, -0.1) is 0 Å². The second kappa shape index (κ2) is 8.61. The number of aromatic nitrogens is 2. The van der Waals surface area contributed by atoms with Crippen molar-refractivity contribution in [1.82, 2.24) is 9.55 Å². The molecule has 5 aromatic rings. The molecule has 0 saturated carbocycles. The van der Waals surface area contributed by atoms with Crippen LogP contribution in [0.4, 0.5) is 0 Å². The summed E-state index contributed by atoms with van der Waals surface area (Å²) in [7, 11) is 1.37. The first-order valence-electron chi connectivity index (χ1n) is 12.3. The number of hydrogen-bond donors (Lipinski definition) is 3. The van der Waals surface area contributed by atoms with Crippen molar-refractivity contribution in [2.75, 3.05) is 13.7 Å². The van der Waals surface area contributed by atoms with Gasteiger partial charge >= 0.3 is 11.9 Å². The van der Waals surface area contributed by atoms with Crippen LogP contribution in [0.2, 0.25) is 0 Å². The van der Waals surface area contributed by atoms with Gasteiger partial charge in [0.05, 0.1) is 34.3 Å². The molecule has 0 spiro atoms. The second-order valence-electron chi connectivity index (χ2n) is 9.59. The van der Waals surface area contributed by atoms with Gasteiger partial charge in [0.25, 0.3) is 6.47 Å². The molecule has 2 aliphatic heterocycles. The summed E-state index contributed by atoms with van der Waals surface area (Å²) in [6.07, 6.45) is -5.67. The molecule has 1 fully saturated rings. The fourth-order valence-electron chi connectivity index (χ4n) is 6.22. The zero-order valence-corrected chi connectivity index (χ0v) is 20.5. The smallest absolute Gasteiger partial charge is 0.347 e. The molecule has 1 saturated heterocycles. The maximum Gasteiger partial charge on any atom is 0.347 e. The number of H-pyrrole nitrogens is 1. The zero-order chi connectivity index (χ0) is 27.0. The maximum absolute atomic E-state index is 13.2. The van der Waals surface area contributed by atoms with E-state index in [0.29, 0.717) is 38.1 Å². The number of ether oxygens (including phenoxy) is 4. The summed E-state index contributed by atoms with van der Waals surface area (Å²) in [5.74, 6) is -1.50. The monoisotopic (exact) mass is 530 g/mol. The number of benzene rings is 3. The Bertz CT molecular complexity index is 1840. The van der Waals surface area contributed by atoms with Crippen LogP contribution in [0.1, 0.15) is 26.9 Å². The van der Waals surface area contributed by atoms with E-state index in [2.05, 4.69) is 4.98 Å². The quantitative estimate of drug-likeness (QED) is 0.177. The average molecular weight is 530 g/mol. The Morgan fingerprint density at radius 3 is 2.41 bits per heavy atom. The van der Waals surface area contributed by atoms with E-state index in [-0.39, 0.29) is 17.6 Å². The van der Waals surface area contributed by atoms with E-state index >= 15 is 0 Å². The Kier molecular flexibility index (Phi) is 5.26. The maximum atomic E-state index is 13.2. The summed E-state index contributed by atoms with van der Waals surface area (Å²) in [5, 5.41) is 23.9. The minimum Gasteiger partial charge on any atom is -0.459 e. The highest BCUT2D eigenvalue weighted by molar-refractivity contribution is 6.36. The molecule has 11 heteroatoms. The van der Waals surface area contributed by atoms with E-state index in [1.54, 1.807) is 28.8 Å². The van der Waals surface area contributed by atoms with Gasteiger partial charge in [-0.3, -0.25) is 4.79 Å². The van der Waals surface area contributed by atoms with Crippen LogP contribution >= 0.6 is 0 Å². The number of carbonyl (C=O) groups excluding carboxylic acids is 3. The van der Waals surface area contributed by atoms with Crippen LogP contribution in [0, 0.1) is 0 Å². The predicted molar refractivity (Wildman–Crippen MR) is 137 cm³/mol. The van der Waals surface area contributed by atoms with Gasteiger partial charge in [0, 0.05) is 34.2 Å². The van der Waals surface area contributed by atoms with Crippen molar-refractivity contribution < 1.29 is 43.5 Å². The van der Waals surface area contributed by atoms with Crippen molar-refractivity contribution in [3.8, 4) is 0 Å². The molecule has 2 aliphatic rings. The number of esters is 2. The second-order valence-corrected chi connectivity index (χ2v) is 9.59. The minimum atomic E-state index is -1.43. The van der Waals surface area contributed by atoms with Crippen molar-refractivity contribution in [3.63, 3.8) is 0 Å². The molecule has 7 rings (SSSR count). The Labute approximate surface area is 219 Å². The lowest BCUT2D eigenvalue weighted by Crippen LogP contribution is -2.58. The lowest BCUT2D eigenvalue weighted by atomic mass is 9.96. The van der Waals surface area contributed by atoms with E-state index in [0.717, 1.165) is 5.52 Å². The highest BCUT2D eigenvalue weighted by atomic mass is 16.6. The first-order valence-corrected chi connectivity index (χ1v) is 12.3. The molecule has 39 heavy (non-hydrogen) atoms. The van der Waals surface area contributed by atoms with Crippen LogP contribution in [0.25, 0.3) is 43.6 Å². The van der Waals surface area contributed by atoms with Gasteiger partial charge in [0.2, 0.25) is 0 Å². The summed E-state index contributed by atoms with van der Waals surface area (Å²) in [6.45, 7) is -0.261. The number of para-hydroxylation sites is 2. The number of aliphatic hydroxyl groups excluding tert-OH is 2. The third kappa shape index (κ3) is 3.09. The van der Waals surface area contributed by atoms with Gasteiger partial charge in [-0.05, 0) is 12.1 Å². The molecule has 3 aromatic carbocycles. The van der Waals surface area contributed by atoms with E-state index in [9.17, 15) is 24.6 Å².